The first-order valence-electron chi connectivity index (χ1n) is 11.4. The Bertz CT molecular complexity index is 1040. The van der Waals surface area contributed by atoms with Crippen LogP contribution in [0, 0.1) is 0 Å². The third-order valence-electron chi connectivity index (χ3n) is 5.85. The Morgan fingerprint density at radius 1 is 0.971 bits per heavy atom. The molecule has 0 radical (unpaired) electrons. The molecule has 1 N–H and O–H groups in total. The molecule has 4 rings (SSSR count). The molecule has 2 aromatic carbocycles. The van der Waals surface area contributed by atoms with E-state index in [1.54, 1.807) is 26.0 Å². The molecule has 2 aromatic rings. The minimum Gasteiger partial charge on any atom is -0.497 e. The molecule has 35 heavy (non-hydrogen) atoms. The standard InChI is InChI=1S/C26H32N2O6S/c1-16(29)22-24(33-15-18-8-12-20(31-5)13-9-18)23(21-25(34-22)35-26(27-21)28(2)3)32-14-17-6-10-19(30-4)11-7-17/h6-13,22,24-27H,14-15H2,1-5H3/t22-,24+,25-,26?/m1/s1. The molecule has 0 aromatic heterocycles. The molecular weight excluding hydrogens is 468 g/mol. The van der Waals surface area contributed by atoms with Gasteiger partial charge in [0.15, 0.2) is 29.2 Å². The van der Waals surface area contributed by atoms with E-state index < -0.39 is 12.2 Å². The Kier molecular flexibility index (Phi) is 8.22. The summed E-state index contributed by atoms with van der Waals surface area (Å²) in [7, 11) is 7.24. The van der Waals surface area contributed by atoms with Gasteiger partial charge in [0.25, 0.3) is 0 Å². The zero-order valence-electron chi connectivity index (χ0n) is 20.6. The molecule has 188 valence electrons. The lowest BCUT2D eigenvalue weighted by molar-refractivity contribution is -0.147. The van der Waals surface area contributed by atoms with Crippen molar-refractivity contribution in [3.8, 4) is 11.5 Å². The molecular formula is C26H32N2O6S. The Morgan fingerprint density at radius 2 is 1.54 bits per heavy atom. The summed E-state index contributed by atoms with van der Waals surface area (Å²) in [6.45, 7) is 2.14. The highest BCUT2D eigenvalue weighted by molar-refractivity contribution is 8.00. The predicted molar refractivity (Wildman–Crippen MR) is 134 cm³/mol. The Morgan fingerprint density at radius 3 is 2.06 bits per heavy atom. The lowest BCUT2D eigenvalue weighted by atomic mass is 10.0. The lowest BCUT2D eigenvalue weighted by Crippen LogP contribution is -2.47. The number of hydrogen-bond donors (Lipinski definition) is 1. The predicted octanol–water partition coefficient (Wildman–Crippen LogP) is 3.51. The lowest BCUT2D eigenvalue weighted by Gasteiger charge is -2.35. The molecule has 0 aliphatic carbocycles. The van der Waals surface area contributed by atoms with Crippen LogP contribution in [0.15, 0.2) is 60.0 Å². The fourth-order valence-electron chi connectivity index (χ4n) is 3.88. The van der Waals surface area contributed by atoms with Gasteiger partial charge in [-0.25, -0.2) is 0 Å². The normalized spacial score (nSPS) is 23.6. The Labute approximate surface area is 210 Å². The molecule has 2 aliphatic heterocycles. The van der Waals surface area contributed by atoms with E-state index in [1.165, 1.54) is 6.92 Å². The van der Waals surface area contributed by atoms with Gasteiger partial charge in [0.05, 0.1) is 26.5 Å². The summed E-state index contributed by atoms with van der Waals surface area (Å²) in [6.07, 6.45) is -1.46. The maximum absolute atomic E-state index is 12.6. The number of carbonyl (C=O) groups excluding carboxylic acids is 1. The second-order valence-electron chi connectivity index (χ2n) is 8.59. The number of fused-ring (bicyclic) bond motifs is 1. The number of nitrogens with one attached hydrogen (secondary N) is 1. The van der Waals surface area contributed by atoms with Gasteiger partial charge in [-0.2, -0.15) is 0 Å². The van der Waals surface area contributed by atoms with Crippen molar-refractivity contribution in [2.75, 3.05) is 28.3 Å². The first-order valence-corrected chi connectivity index (χ1v) is 12.3. The van der Waals surface area contributed by atoms with Crippen molar-refractivity contribution in [1.29, 1.82) is 0 Å². The fourth-order valence-corrected chi connectivity index (χ4v) is 5.05. The number of rotatable bonds is 10. The minimum absolute atomic E-state index is 0.0115. The number of benzene rings is 2. The third kappa shape index (κ3) is 5.92. The van der Waals surface area contributed by atoms with Crippen molar-refractivity contribution in [3.63, 3.8) is 0 Å². The Hall–Kier alpha value is -2.72. The van der Waals surface area contributed by atoms with Crippen molar-refractivity contribution in [2.24, 2.45) is 0 Å². The second kappa shape index (κ2) is 11.3. The number of methoxy groups -OCH3 is 2. The van der Waals surface area contributed by atoms with Gasteiger partial charge in [0, 0.05) is 0 Å². The number of hydrogen-bond acceptors (Lipinski definition) is 9. The van der Waals surface area contributed by atoms with Gasteiger partial charge in [-0.1, -0.05) is 36.0 Å². The topological polar surface area (TPSA) is 78.5 Å². The van der Waals surface area contributed by atoms with Gasteiger partial charge in [-0.05, 0) is 56.4 Å². The second-order valence-corrected chi connectivity index (χ2v) is 9.74. The van der Waals surface area contributed by atoms with Gasteiger partial charge in [0.1, 0.15) is 23.6 Å². The quantitative estimate of drug-likeness (QED) is 0.527. The highest BCUT2D eigenvalue weighted by Crippen LogP contribution is 2.41. The molecule has 1 fully saturated rings. The fraction of sp³-hybridized carbons (Fsp3) is 0.423. The summed E-state index contributed by atoms with van der Waals surface area (Å²) in [5, 5.41) is 3.49. The molecule has 0 amide bonds. The zero-order valence-corrected chi connectivity index (χ0v) is 21.5. The van der Waals surface area contributed by atoms with Crippen LogP contribution in [0.2, 0.25) is 0 Å². The molecule has 0 bridgehead atoms. The van der Waals surface area contributed by atoms with Crippen molar-refractivity contribution in [1.82, 2.24) is 10.2 Å². The van der Waals surface area contributed by atoms with Crippen LogP contribution in [-0.2, 0) is 32.2 Å². The van der Waals surface area contributed by atoms with Crippen LogP contribution in [0.25, 0.3) is 0 Å². The van der Waals surface area contributed by atoms with E-state index in [0.29, 0.717) is 19.0 Å². The number of Topliss-reactive ketones (excluding diaryl/α,β-unsaturated/α-hetero) is 1. The molecule has 0 spiro atoms. The first kappa shape index (κ1) is 25.4. The maximum Gasteiger partial charge on any atom is 0.161 e. The number of ether oxygens (including phenoxy) is 5. The van der Waals surface area contributed by atoms with Crippen LogP contribution in [-0.4, -0.2) is 62.1 Å². The molecule has 9 heteroatoms. The highest BCUT2D eigenvalue weighted by Gasteiger charge is 2.47. The Balaban J connectivity index is 1.60. The number of ketones is 1. The largest absolute Gasteiger partial charge is 0.497 e. The molecule has 2 heterocycles. The highest BCUT2D eigenvalue weighted by atomic mass is 32.2. The average molecular weight is 501 g/mol. The van der Waals surface area contributed by atoms with Gasteiger partial charge in [-0.15, -0.1) is 0 Å². The van der Waals surface area contributed by atoms with Crippen LogP contribution >= 0.6 is 11.8 Å². The van der Waals surface area contributed by atoms with E-state index in [-0.39, 0.29) is 16.7 Å². The summed E-state index contributed by atoms with van der Waals surface area (Å²) in [4.78, 5) is 14.7. The number of carbonyl (C=O) groups is 1. The van der Waals surface area contributed by atoms with Crippen LogP contribution in [0.3, 0.4) is 0 Å². The van der Waals surface area contributed by atoms with E-state index in [0.717, 1.165) is 28.3 Å². The summed E-state index contributed by atoms with van der Waals surface area (Å²) in [5.41, 5.74) is 2.38. The minimum atomic E-state index is -0.775. The molecule has 0 saturated carbocycles. The van der Waals surface area contributed by atoms with Crippen LogP contribution in [0.5, 0.6) is 11.5 Å². The SMILES string of the molecule is COc1ccc(COC2=C3NC(N(C)C)S[C@H]3O[C@H](C(C)=O)[C@@H]2OCc2ccc(OC)cc2)cc1. The molecule has 8 nitrogen and oxygen atoms in total. The van der Waals surface area contributed by atoms with Crippen LogP contribution in [0.4, 0.5) is 0 Å². The zero-order chi connectivity index (χ0) is 24.9. The molecule has 1 saturated heterocycles. The summed E-state index contributed by atoms with van der Waals surface area (Å²) >= 11 is 1.59. The van der Waals surface area contributed by atoms with E-state index in [4.69, 9.17) is 23.7 Å². The molecule has 2 aliphatic rings. The van der Waals surface area contributed by atoms with Crippen molar-refractivity contribution in [2.45, 2.75) is 43.3 Å². The summed E-state index contributed by atoms with van der Waals surface area (Å²) < 4.78 is 29.4. The van der Waals surface area contributed by atoms with Gasteiger partial charge in [0.2, 0.25) is 0 Å². The van der Waals surface area contributed by atoms with E-state index >= 15 is 0 Å². The monoisotopic (exact) mass is 500 g/mol. The van der Waals surface area contributed by atoms with Crippen LogP contribution in [0.1, 0.15) is 18.1 Å². The summed E-state index contributed by atoms with van der Waals surface area (Å²) in [6, 6.07) is 15.3. The van der Waals surface area contributed by atoms with E-state index in [2.05, 4.69) is 10.2 Å². The van der Waals surface area contributed by atoms with Gasteiger partial charge >= 0.3 is 0 Å². The smallest absolute Gasteiger partial charge is 0.161 e. The molecule has 4 atom stereocenters. The molecule has 1 unspecified atom stereocenters. The van der Waals surface area contributed by atoms with E-state index in [9.17, 15) is 4.79 Å². The first-order chi connectivity index (χ1) is 16.9. The van der Waals surface area contributed by atoms with Crippen molar-refractivity contribution in [3.05, 3.63) is 71.1 Å². The number of thioether (sulfide) groups is 1. The van der Waals surface area contributed by atoms with Crippen LogP contribution < -0.4 is 14.8 Å². The van der Waals surface area contributed by atoms with Crippen molar-refractivity contribution >= 4 is 17.5 Å². The van der Waals surface area contributed by atoms with Crippen molar-refractivity contribution < 1.29 is 28.5 Å². The van der Waals surface area contributed by atoms with E-state index in [1.807, 2.05) is 62.6 Å². The number of nitrogens with zero attached hydrogens (tertiary/aromatic N) is 1. The summed E-state index contributed by atoms with van der Waals surface area (Å²) in [5.74, 6) is 2.04. The maximum atomic E-state index is 12.6. The van der Waals surface area contributed by atoms with Gasteiger partial charge in [-0.3, -0.25) is 9.69 Å². The van der Waals surface area contributed by atoms with Gasteiger partial charge < -0.3 is 29.0 Å². The third-order valence-corrected chi connectivity index (χ3v) is 7.24. The average Bonchev–Trinajstić information content (AvgIpc) is 3.31.